The molecular formula is C22H32N2O3. The van der Waals surface area contributed by atoms with Crippen molar-refractivity contribution in [2.45, 2.75) is 77.6 Å². The molecular weight excluding hydrogens is 340 g/mol. The normalized spacial score (nSPS) is 11.0. The summed E-state index contributed by atoms with van der Waals surface area (Å²) < 4.78 is 0. The van der Waals surface area contributed by atoms with Crippen molar-refractivity contribution in [3.05, 3.63) is 34.6 Å². The standard InChI is InChI=1S/C22H32N2O3/c1-2-3-4-5-6-7-8-9-10-11-16-19(25)24-20-21(26)17-14-12-13-15-18(17)23-22(20)27/h12-15H,2-11,16H2,1H3,(H,24,25)(H2,23,26,27). The van der Waals surface area contributed by atoms with Gasteiger partial charge in [-0.2, -0.15) is 0 Å². The van der Waals surface area contributed by atoms with E-state index in [0.717, 1.165) is 19.3 Å². The quantitative estimate of drug-likeness (QED) is 0.431. The lowest BCUT2D eigenvalue weighted by molar-refractivity contribution is -0.116. The van der Waals surface area contributed by atoms with Crippen LogP contribution in [0, 0.1) is 0 Å². The fraction of sp³-hybridized carbons (Fsp3) is 0.545. The molecule has 3 N–H and O–H groups in total. The lowest BCUT2D eigenvalue weighted by Gasteiger charge is -2.09. The molecule has 0 saturated heterocycles. The van der Waals surface area contributed by atoms with Gasteiger partial charge in [0.05, 0.1) is 5.52 Å². The minimum absolute atomic E-state index is 0.0641. The molecule has 1 aromatic heterocycles. The fourth-order valence-corrected chi connectivity index (χ4v) is 3.32. The van der Waals surface area contributed by atoms with E-state index in [1.54, 1.807) is 24.3 Å². The van der Waals surface area contributed by atoms with Crippen LogP contribution in [-0.2, 0) is 4.79 Å². The van der Waals surface area contributed by atoms with Crippen LogP contribution in [0.5, 0.6) is 5.75 Å². The van der Waals surface area contributed by atoms with Crippen LogP contribution in [0.15, 0.2) is 29.1 Å². The van der Waals surface area contributed by atoms with Gasteiger partial charge in [0, 0.05) is 11.8 Å². The number of aromatic nitrogens is 1. The van der Waals surface area contributed by atoms with Crippen molar-refractivity contribution in [1.29, 1.82) is 0 Å². The number of fused-ring (bicyclic) bond motifs is 1. The maximum absolute atomic E-state index is 12.1. The van der Waals surface area contributed by atoms with Gasteiger partial charge in [0.2, 0.25) is 5.91 Å². The SMILES string of the molecule is CCCCCCCCCCCCC(=O)Nc1c(O)c2ccccc2[nH]c1=O. The molecule has 2 aromatic rings. The Hall–Kier alpha value is -2.30. The molecule has 1 amide bonds. The highest BCUT2D eigenvalue weighted by atomic mass is 16.3. The molecule has 0 aliphatic rings. The van der Waals surface area contributed by atoms with Crippen LogP contribution in [0.1, 0.15) is 77.6 Å². The third-order valence-corrected chi connectivity index (χ3v) is 4.92. The molecule has 0 aliphatic heterocycles. The number of nitrogens with one attached hydrogen (secondary N) is 2. The van der Waals surface area contributed by atoms with Crippen LogP contribution in [0.2, 0.25) is 0 Å². The lowest BCUT2D eigenvalue weighted by atomic mass is 10.1. The van der Waals surface area contributed by atoms with Crippen molar-refractivity contribution in [3.8, 4) is 5.75 Å². The number of para-hydroxylation sites is 1. The van der Waals surface area contributed by atoms with Gasteiger partial charge in [-0.1, -0.05) is 76.8 Å². The summed E-state index contributed by atoms with van der Waals surface area (Å²) in [6.07, 6.45) is 12.4. The molecule has 0 saturated carbocycles. The number of aromatic hydroxyl groups is 1. The fourth-order valence-electron chi connectivity index (χ4n) is 3.32. The highest BCUT2D eigenvalue weighted by Gasteiger charge is 2.14. The predicted octanol–water partition coefficient (Wildman–Crippen LogP) is 5.48. The average molecular weight is 373 g/mol. The average Bonchev–Trinajstić information content (AvgIpc) is 2.66. The third-order valence-electron chi connectivity index (χ3n) is 4.92. The number of benzene rings is 1. The zero-order valence-electron chi connectivity index (χ0n) is 16.4. The first-order chi connectivity index (χ1) is 13.1. The molecule has 0 aliphatic carbocycles. The van der Waals surface area contributed by atoms with E-state index >= 15 is 0 Å². The van der Waals surface area contributed by atoms with Gasteiger partial charge in [-0.25, -0.2) is 0 Å². The van der Waals surface area contributed by atoms with Gasteiger partial charge in [-0.05, 0) is 18.6 Å². The first kappa shape index (κ1) is 21.0. The van der Waals surface area contributed by atoms with E-state index in [9.17, 15) is 14.7 Å². The predicted molar refractivity (Wildman–Crippen MR) is 111 cm³/mol. The molecule has 0 unspecified atom stereocenters. The highest BCUT2D eigenvalue weighted by molar-refractivity contribution is 5.97. The summed E-state index contributed by atoms with van der Waals surface area (Å²) >= 11 is 0. The number of pyridine rings is 1. The molecule has 0 radical (unpaired) electrons. The molecule has 5 nitrogen and oxygen atoms in total. The molecule has 0 atom stereocenters. The van der Waals surface area contributed by atoms with Crippen molar-refractivity contribution < 1.29 is 9.90 Å². The van der Waals surface area contributed by atoms with Crippen molar-refractivity contribution in [1.82, 2.24) is 4.98 Å². The number of aromatic amines is 1. The first-order valence-electron chi connectivity index (χ1n) is 10.3. The first-order valence-corrected chi connectivity index (χ1v) is 10.3. The lowest BCUT2D eigenvalue weighted by Crippen LogP contribution is -2.19. The van der Waals surface area contributed by atoms with Gasteiger partial charge in [0.15, 0.2) is 5.75 Å². The second-order valence-corrected chi connectivity index (χ2v) is 7.20. The van der Waals surface area contributed by atoms with E-state index in [0.29, 0.717) is 17.3 Å². The van der Waals surface area contributed by atoms with E-state index < -0.39 is 5.56 Å². The summed E-state index contributed by atoms with van der Waals surface area (Å²) in [5.41, 5.74) is 0.00101. The number of carbonyl (C=O) groups is 1. The van der Waals surface area contributed by atoms with E-state index in [2.05, 4.69) is 17.2 Å². The maximum atomic E-state index is 12.1. The van der Waals surface area contributed by atoms with Crippen molar-refractivity contribution in [3.63, 3.8) is 0 Å². The minimum Gasteiger partial charge on any atom is -0.505 e. The Balaban J connectivity index is 1.69. The number of carbonyl (C=O) groups excluding carboxylic acids is 1. The van der Waals surface area contributed by atoms with Gasteiger partial charge in [-0.3, -0.25) is 9.59 Å². The minimum atomic E-state index is -0.484. The summed E-state index contributed by atoms with van der Waals surface area (Å²) in [5, 5.41) is 13.4. The largest absolute Gasteiger partial charge is 0.505 e. The number of unbranched alkanes of at least 4 members (excludes halogenated alkanes) is 9. The molecule has 5 heteroatoms. The van der Waals surface area contributed by atoms with E-state index in [1.165, 1.54) is 44.9 Å². The second-order valence-electron chi connectivity index (χ2n) is 7.20. The monoisotopic (exact) mass is 372 g/mol. The summed E-state index contributed by atoms with van der Waals surface area (Å²) in [6.45, 7) is 2.23. The van der Waals surface area contributed by atoms with E-state index in [-0.39, 0.29) is 17.3 Å². The number of amides is 1. The van der Waals surface area contributed by atoms with Gasteiger partial charge >= 0.3 is 0 Å². The van der Waals surface area contributed by atoms with Crippen LogP contribution < -0.4 is 10.9 Å². The van der Waals surface area contributed by atoms with Crippen LogP contribution in [0.3, 0.4) is 0 Å². The van der Waals surface area contributed by atoms with Crippen LogP contribution >= 0.6 is 0 Å². The summed E-state index contributed by atoms with van der Waals surface area (Å²) in [7, 11) is 0. The third kappa shape index (κ3) is 6.74. The van der Waals surface area contributed by atoms with E-state index in [1.807, 2.05) is 0 Å². The Labute approximate surface area is 161 Å². The van der Waals surface area contributed by atoms with E-state index in [4.69, 9.17) is 0 Å². The Kier molecular flexibility index (Phi) is 8.89. The van der Waals surface area contributed by atoms with Crippen molar-refractivity contribution in [2.75, 3.05) is 5.32 Å². The van der Waals surface area contributed by atoms with Gasteiger partial charge in [0.1, 0.15) is 5.69 Å². The number of hydrogen-bond acceptors (Lipinski definition) is 3. The van der Waals surface area contributed by atoms with Crippen molar-refractivity contribution in [2.24, 2.45) is 0 Å². The molecule has 0 bridgehead atoms. The Morgan fingerprint density at radius 2 is 1.56 bits per heavy atom. The molecule has 1 aromatic carbocycles. The van der Waals surface area contributed by atoms with Crippen molar-refractivity contribution >= 4 is 22.5 Å². The summed E-state index contributed by atoms with van der Waals surface area (Å²) in [4.78, 5) is 26.9. The molecule has 27 heavy (non-hydrogen) atoms. The maximum Gasteiger partial charge on any atom is 0.276 e. The Morgan fingerprint density at radius 1 is 0.963 bits per heavy atom. The van der Waals surface area contributed by atoms with Crippen LogP contribution in [-0.4, -0.2) is 16.0 Å². The molecule has 1 heterocycles. The Bertz CT molecular complexity index is 783. The van der Waals surface area contributed by atoms with Crippen LogP contribution in [0.25, 0.3) is 10.9 Å². The zero-order valence-corrected chi connectivity index (χ0v) is 16.4. The Morgan fingerprint density at radius 3 is 2.22 bits per heavy atom. The molecule has 148 valence electrons. The molecule has 0 spiro atoms. The van der Waals surface area contributed by atoms with Gasteiger partial charge in [0.25, 0.3) is 5.56 Å². The number of anilines is 1. The van der Waals surface area contributed by atoms with Crippen LogP contribution in [0.4, 0.5) is 5.69 Å². The molecule has 0 fully saturated rings. The molecule has 2 rings (SSSR count). The smallest absolute Gasteiger partial charge is 0.276 e. The van der Waals surface area contributed by atoms with Gasteiger partial charge < -0.3 is 15.4 Å². The summed E-state index contributed by atoms with van der Waals surface area (Å²) in [5.74, 6) is -0.406. The number of H-pyrrole nitrogens is 1. The topological polar surface area (TPSA) is 82.2 Å². The summed E-state index contributed by atoms with van der Waals surface area (Å²) in [6, 6.07) is 6.97. The number of rotatable bonds is 12. The van der Waals surface area contributed by atoms with Gasteiger partial charge in [-0.15, -0.1) is 0 Å². The second kappa shape index (κ2) is 11.4. The highest BCUT2D eigenvalue weighted by Crippen LogP contribution is 2.28. The number of hydrogen-bond donors (Lipinski definition) is 3. The zero-order chi connectivity index (χ0) is 19.5.